The third-order valence-electron chi connectivity index (χ3n) is 4.73. The Morgan fingerprint density at radius 3 is 2.12 bits per heavy atom. The van der Waals surface area contributed by atoms with Gasteiger partial charge in [-0.25, -0.2) is 9.78 Å². The van der Waals surface area contributed by atoms with Crippen molar-refractivity contribution < 1.29 is 39.3 Å². The summed E-state index contributed by atoms with van der Waals surface area (Å²) in [6.07, 6.45) is 3.19. The number of hydrogen-bond donors (Lipinski definition) is 9. The molecular weight excluding hydrogens is 454 g/mol. The smallest absolute Gasteiger partial charge is 0.328 e. The van der Waals surface area contributed by atoms with Crippen molar-refractivity contribution in [3.63, 3.8) is 0 Å². The lowest BCUT2D eigenvalue weighted by Crippen LogP contribution is -2.58. The molecule has 34 heavy (non-hydrogen) atoms. The molecule has 3 amide bonds. The molecule has 1 aromatic heterocycles. The van der Waals surface area contributed by atoms with Gasteiger partial charge < -0.3 is 47.7 Å². The molecule has 0 bridgehead atoms. The van der Waals surface area contributed by atoms with E-state index < -0.39 is 66.9 Å². The van der Waals surface area contributed by atoms with Crippen LogP contribution >= 0.6 is 0 Å². The number of nitrogens with one attached hydrogen (secondary N) is 4. The summed E-state index contributed by atoms with van der Waals surface area (Å²) in [7, 11) is 0. The highest BCUT2D eigenvalue weighted by Crippen LogP contribution is 2.04. The number of nitrogens with two attached hydrogens (primary N) is 2. The van der Waals surface area contributed by atoms with E-state index in [4.69, 9.17) is 26.8 Å². The summed E-state index contributed by atoms with van der Waals surface area (Å²) < 4.78 is 0. The van der Waals surface area contributed by atoms with Gasteiger partial charge in [-0.2, -0.15) is 0 Å². The van der Waals surface area contributed by atoms with Crippen LogP contribution in [0.2, 0.25) is 0 Å². The first kappa shape index (κ1) is 28.5. The number of aliphatic hydroxyl groups is 1. The van der Waals surface area contributed by atoms with Crippen molar-refractivity contribution >= 4 is 29.7 Å². The van der Waals surface area contributed by atoms with Gasteiger partial charge >= 0.3 is 11.9 Å². The maximum atomic E-state index is 12.8. The van der Waals surface area contributed by atoms with Crippen molar-refractivity contribution in [3.8, 4) is 0 Å². The first-order valence-electron chi connectivity index (χ1n) is 10.5. The van der Waals surface area contributed by atoms with Crippen LogP contribution in [0.25, 0.3) is 0 Å². The summed E-state index contributed by atoms with van der Waals surface area (Å²) in [6, 6.07) is -5.57. The lowest BCUT2D eigenvalue weighted by atomic mass is 10.1. The Balaban J connectivity index is 2.97. The number of aromatic nitrogens is 2. The molecule has 190 valence electrons. The van der Waals surface area contributed by atoms with E-state index in [0.29, 0.717) is 25.1 Å². The minimum absolute atomic E-state index is 0.165. The van der Waals surface area contributed by atoms with E-state index in [0.717, 1.165) is 0 Å². The SMILES string of the molecule is NCCCCC(N)C(=O)NC(CC(=O)O)C(=O)NC(Cc1cnc[nH]1)C(=O)NC(CO)C(=O)O. The summed E-state index contributed by atoms with van der Waals surface area (Å²) in [6.45, 7) is -0.483. The molecule has 1 heterocycles. The van der Waals surface area contributed by atoms with Crippen molar-refractivity contribution in [1.82, 2.24) is 25.9 Å². The van der Waals surface area contributed by atoms with E-state index in [1.54, 1.807) is 0 Å². The standard InChI is InChI=1S/C19H31N7O8/c20-4-2-1-3-11(21)16(30)24-13(6-15(28)29)18(32)25-12(5-10-7-22-9-23-10)17(31)26-14(8-27)19(33)34/h7,9,11-14,27H,1-6,8,20-21H2,(H,22,23)(H,24,30)(H,25,32)(H,26,31)(H,28,29)(H,33,34). The van der Waals surface area contributed by atoms with Crippen LogP contribution in [0.1, 0.15) is 31.4 Å². The molecule has 0 fully saturated rings. The number of carboxylic acids is 2. The average molecular weight is 485 g/mol. The number of aromatic amines is 1. The van der Waals surface area contributed by atoms with Gasteiger partial charge in [-0.3, -0.25) is 19.2 Å². The molecule has 11 N–H and O–H groups in total. The van der Waals surface area contributed by atoms with Gasteiger partial charge in [0, 0.05) is 18.3 Å². The van der Waals surface area contributed by atoms with Gasteiger partial charge in [0.15, 0.2) is 0 Å². The Labute approximate surface area is 194 Å². The van der Waals surface area contributed by atoms with Gasteiger partial charge in [-0.05, 0) is 19.4 Å². The Morgan fingerprint density at radius 2 is 1.59 bits per heavy atom. The zero-order chi connectivity index (χ0) is 25.7. The number of hydrogen-bond acceptors (Lipinski definition) is 9. The molecule has 1 rings (SSSR count). The Kier molecular flexibility index (Phi) is 12.2. The summed E-state index contributed by atoms with van der Waals surface area (Å²) in [4.78, 5) is 66.7. The predicted molar refractivity (Wildman–Crippen MR) is 116 cm³/mol. The number of amides is 3. The van der Waals surface area contributed by atoms with Crippen molar-refractivity contribution in [2.24, 2.45) is 11.5 Å². The van der Waals surface area contributed by atoms with Gasteiger partial charge in [-0.1, -0.05) is 6.42 Å². The van der Waals surface area contributed by atoms with Crippen molar-refractivity contribution in [3.05, 3.63) is 18.2 Å². The zero-order valence-electron chi connectivity index (χ0n) is 18.4. The van der Waals surface area contributed by atoms with Crippen LogP contribution in [-0.4, -0.2) is 92.3 Å². The fourth-order valence-corrected chi connectivity index (χ4v) is 2.86. The highest BCUT2D eigenvalue weighted by Gasteiger charge is 2.31. The number of H-pyrrole nitrogens is 1. The van der Waals surface area contributed by atoms with Gasteiger partial charge in [-0.15, -0.1) is 0 Å². The maximum Gasteiger partial charge on any atom is 0.328 e. The topological polar surface area (TPSA) is 263 Å². The monoisotopic (exact) mass is 485 g/mol. The third-order valence-corrected chi connectivity index (χ3v) is 4.73. The van der Waals surface area contributed by atoms with Crippen molar-refractivity contribution in [1.29, 1.82) is 0 Å². The predicted octanol–water partition coefficient (Wildman–Crippen LogP) is -3.59. The maximum absolute atomic E-state index is 12.8. The second kappa shape index (κ2) is 14.6. The molecule has 0 saturated heterocycles. The van der Waals surface area contributed by atoms with E-state index >= 15 is 0 Å². The van der Waals surface area contributed by atoms with Gasteiger partial charge in [0.05, 0.1) is 25.4 Å². The number of imidazole rings is 1. The fourth-order valence-electron chi connectivity index (χ4n) is 2.86. The average Bonchev–Trinajstić information content (AvgIpc) is 3.28. The van der Waals surface area contributed by atoms with Gasteiger partial charge in [0.25, 0.3) is 0 Å². The first-order chi connectivity index (χ1) is 16.1. The molecule has 4 atom stereocenters. The van der Waals surface area contributed by atoms with Crippen LogP contribution in [0.4, 0.5) is 0 Å². The normalized spacial score (nSPS) is 14.3. The van der Waals surface area contributed by atoms with Crippen LogP contribution in [-0.2, 0) is 30.4 Å². The van der Waals surface area contributed by atoms with E-state index in [1.165, 1.54) is 12.5 Å². The fraction of sp³-hybridized carbons (Fsp3) is 0.579. The van der Waals surface area contributed by atoms with Crippen LogP contribution in [0.3, 0.4) is 0 Å². The van der Waals surface area contributed by atoms with E-state index in [-0.39, 0.29) is 12.8 Å². The summed E-state index contributed by atoms with van der Waals surface area (Å²) >= 11 is 0. The number of aliphatic hydroxyl groups excluding tert-OH is 1. The lowest BCUT2D eigenvalue weighted by molar-refractivity contribution is -0.144. The van der Waals surface area contributed by atoms with Crippen LogP contribution in [0.15, 0.2) is 12.5 Å². The third kappa shape index (κ3) is 9.93. The first-order valence-corrected chi connectivity index (χ1v) is 10.5. The minimum atomic E-state index is -1.63. The second-order valence-electron chi connectivity index (χ2n) is 7.47. The molecule has 1 aromatic rings. The quantitative estimate of drug-likeness (QED) is 0.103. The highest BCUT2D eigenvalue weighted by atomic mass is 16.4. The van der Waals surface area contributed by atoms with Crippen molar-refractivity contribution in [2.75, 3.05) is 13.2 Å². The summed E-state index contributed by atoms with van der Waals surface area (Å²) in [5, 5.41) is 34.0. The number of unbranched alkanes of at least 4 members (excludes halogenated alkanes) is 1. The van der Waals surface area contributed by atoms with Gasteiger partial charge in [0.2, 0.25) is 17.7 Å². The number of nitrogens with zero attached hydrogens (tertiary/aromatic N) is 1. The number of carboxylic acid groups (broad SMARTS) is 2. The molecule has 0 aromatic carbocycles. The molecule has 0 spiro atoms. The van der Waals surface area contributed by atoms with E-state index in [9.17, 15) is 24.0 Å². The molecular formula is C19H31N7O8. The zero-order valence-corrected chi connectivity index (χ0v) is 18.4. The van der Waals surface area contributed by atoms with Crippen LogP contribution in [0, 0.1) is 0 Å². The molecule has 0 aliphatic rings. The Morgan fingerprint density at radius 1 is 0.971 bits per heavy atom. The summed E-state index contributed by atoms with van der Waals surface area (Å²) in [5.74, 6) is -5.59. The van der Waals surface area contributed by atoms with Crippen LogP contribution in [0.5, 0.6) is 0 Å². The van der Waals surface area contributed by atoms with Gasteiger partial charge in [0.1, 0.15) is 18.1 Å². The second-order valence-corrected chi connectivity index (χ2v) is 7.47. The summed E-state index contributed by atoms with van der Waals surface area (Å²) in [5.41, 5.74) is 11.6. The van der Waals surface area contributed by atoms with E-state index in [1.807, 2.05) is 0 Å². The number of rotatable bonds is 16. The Hall–Kier alpha value is -3.56. The van der Waals surface area contributed by atoms with Crippen LogP contribution < -0.4 is 27.4 Å². The molecule has 0 radical (unpaired) electrons. The molecule has 0 saturated carbocycles. The minimum Gasteiger partial charge on any atom is -0.481 e. The van der Waals surface area contributed by atoms with Crippen molar-refractivity contribution in [2.45, 2.75) is 56.3 Å². The highest BCUT2D eigenvalue weighted by molar-refractivity contribution is 5.95. The number of carbonyl (C=O) groups is 5. The molecule has 4 unspecified atom stereocenters. The molecule has 0 aliphatic heterocycles. The Bertz CT molecular complexity index is 833. The molecule has 0 aliphatic carbocycles. The number of carbonyl (C=O) groups excluding carboxylic acids is 3. The largest absolute Gasteiger partial charge is 0.481 e. The lowest BCUT2D eigenvalue weighted by Gasteiger charge is -2.24. The van der Waals surface area contributed by atoms with E-state index in [2.05, 4.69) is 25.9 Å². The molecule has 15 nitrogen and oxygen atoms in total. The number of aliphatic carboxylic acids is 2. The molecule has 15 heteroatoms.